The number of hydrogen-bond acceptors (Lipinski definition) is 12. The summed E-state index contributed by atoms with van der Waals surface area (Å²) in [5, 5.41) is 49.8. The van der Waals surface area contributed by atoms with Crippen LogP contribution in [0.1, 0.15) is 54.8 Å². The van der Waals surface area contributed by atoms with Crippen LogP contribution in [-0.2, 0) is 9.47 Å². The largest absolute Gasteiger partial charge is 0.491 e. The second kappa shape index (κ2) is 18.9. The van der Waals surface area contributed by atoms with E-state index in [2.05, 4.69) is 0 Å². The summed E-state index contributed by atoms with van der Waals surface area (Å²) in [6, 6.07) is 12.9. The van der Waals surface area contributed by atoms with Crippen LogP contribution in [0.3, 0.4) is 0 Å². The van der Waals surface area contributed by atoms with Crippen molar-refractivity contribution in [2.45, 2.75) is 57.5 Å². The van der Waals surface area contributed by atoms with E-state index in [1.54, 1.807) is 48.5 Å². The first-order valence-corrected chi connectivity index (χ1v) is 15.1. The molecule has 0 aromatic heterocycles. The van der Waals surface area contributed by atoms with Gasteiger partial charge < -0.3 is 44.5 Å². The maximum Gasteiger partial charge on any atom is 0.193 e. The molecule has 0 fully saturated rings. The van der Waals surface area contributed by atoms with Gasteiger partial charge in [-0.05, 0) is 82.6 Å². The number of nitrogens with zero attached hydrogens (tertiary/aromatic N) is 1. The van der Waals surface area contributed by atoms with Crippen molar-refractivity contribution < 1.29 is 54.1 Å². The number of hydrogen-bond donors (Lipinski definition) is 5. The van der Waals surface area contributed by atoms with Gasteiger partial charge >= 0.3 is 0 Å². The molecule has 2 unspecified atom stereocenters. The van der Waals surface area contributed by atoms with E-state index < -0.39 is 23.4 Å². The third-order valence-corrected chi connectivity index (χ3v) is 6.53. The lowest BCUT2D eigenvalue weighted by Gasteiger charge is -2.27. The van der Waals surface area contributed by atoms with Crippen LogP contribution in [0.5, 0.6) is 11.5 Å². The van der Waals surface area contributed by atoms with E-state index in [1.807, 2.05) is 4.90 Å². The second-order valence-corrected chi connectivity index (χ2v) is 11.8. The van der Waals surface area contributed by atoms with Crippen LogP contribution < -0.4 is 9.47 Å². The van der Waals surface area contributed by atoms with Crippen molar-refractivity contribution in [1.82, 2.24) is 4.90 Å². The molecule has 5 N–H and O–H groups in total. The molecule has 12 nitrogen and oxygen atoms in total. The van der Waals surface area contributed by atoms with E-state index in [0.29, 0.717) is 35.6 Å². The van der Waals surface area contributed by atoms with Gasteiger partial charge in [-0.25, -0.2) is 0 Å². The van der Waals surface area contributed by atoms with E-state index in [4.69, 9.17) is 18.9 Å². The minimum absolute atomic E-state index is 0.0236. The summed E-state index contributed by atoms with van der Waals surface area (Å²) in [4.78, 5) is 26.0. The number of aliphatic hydroxyl groups excluding tert-OH is 3. The van der Waals surface area contributed by atoms with Gasteiger partial charge in [0.2, 0.25) is 0 Å². The van der Waals surface area contributed by atoms with Crippen LogP contribution in [0.4, 0.5) is 0 Å². The molecule has 0 saturated carbocycles. The summed E-state index contributed by atoms with van der Waals surface area (Å²) in [7, 11) is 0. The molecule has 0 heterocycles. The quantitative estimate of drug-likeness (QED) is 0.0880. The van der Waals surface area contributed by atoms with Gasteiger partial charge in [-0.1, -0.05) is 0 Å². The molecule has 0 spiro atoms. The molecule has 2 rings (SSSR count). The van der Waals surface area contributed by atoms with Crippen molar-refractivity contribution in [3.8, 4) is 11.5 Å². The summed E-state index contributed by atoms with van der Waals surface area (Å²) in [5.74, 6) is 0.319. The number of benzene rings is 2. The second-order valence-electron chi connectivity index (χ2n) is 11.8. The smallest absolute Gasteiger partial charge is 0.193 e. The fourth-order valence-corrected chi connectivity index (χ4v) is 4.24. The van der Waals surface area contributed by atoms with Crippen molar-refractivity contribution in [2.75, 3.05) is 65.9 Å². The number of aliphatic hydroxyl groups is 5. The third-order valence-electron chi connectivity index (χ3n) is 6.53. The van der Waals surface area contributed by atoms with Crippen molar-refractivity contribution in [2.24, 2.45) is 0 Å². The van der Waals surface area contributed by atoms with Crippen molar-refractivity contribution in [3.63, 3.8) is 0 Å². The lowest BCUT2D eigenvalue weighted by Crippen LogP contribution is -2.41. The molecule has 0 aliphatic rings. The fourth-order valence-electron chi connectivity index (χ4n) is 4.24. The van der Waals surface area contributed by atoms with Gasteiger partial charge in [0, 0.05) is 37.4 Å². The lowest BCUT2D eigenvalue weighted by molar-refractivity contribution is -0.0172. The molecule has 0 amide bonds. The Bertz CT molecular complexity index is 1050. The standard InChI is InChI=1S/C33H49NO11/c1-32(2,40)30(38)24-6-10-28(11-7-24)44-18-16-42-22-26(36)20-34(14-5-15-35)21-27(37)23-43-17-19-45-29-12-8-25(9-13-29)31(39)33(3,4)41/h6-13,26-27,35-37,40-41H,5,14-23H2,1-4H3. The van der Waals surface area contributed by atoms with E-state index >= 15 is 0 Å². The van der Waals surface area contributed by atoms with Crippen molar-refractivity contribution >= 4 is 11.6 Å². The highest BCUT2D eigenvalue weighted by atomic mass is 16.5. The Morgan fingerprint density at radius 3 is 1.40 bits per heavy atom. The Labute approximate surface area is 265 Å². The van der Waals surface area contributed by atoms with E-state index in [-0.39, 0.29) is 70.9 Å². The average molecular weight is 636 g/mol. The zero-order valence-electron chi connectivity index (χ0n) is 26.7. The maximum absolute atomic E-state index is 12.1. The Kier molecular flexibility index (Phi) is 16.1. The maximum atomic E-state index is 12.1. The first kappa shape index (κ1) is 38.2. The van der Waals surface area contributed by atoms with Crippen LogP contribution in [0.2, 0.25) is 0 Å². The van der Waals surface area contributed by atoms with Gasteiger partial charge in [0.25, 0.3) is 0 Å². The Hall–Kier alpha value is -2.94. The van der Waals surface area contributed by atoms with Crippen LogP contribution >= 0.6 is 0 Å². The molecule has 2 aromatic rings. The summed E-state index contributed by atoms with van der Waals surface area (Å²) < 4.78 is 22.3. The Morgan fingerprint density at radius 2 is 1.07 bits per heavy atom. The highest BCUT2D eigenvalue weighted by Gasteiger charge is 2.26. The van der Waals surface area contributed by atoms with Gasteiger partial charge in [0.1, 0.15) is 35.9 Å². The minimum Gasteiger partial charge on any atom is -0.491 e. The average Bonchev–Trinajstić information content (AvgIpc) is 2.98. The summed E-state index contributed by atoms with van der Waals surface area (Å²) in [5.41, 5.74) is -2.14. The fraction of sp³-hybridized carbons (Fsp3) is 0.576. The third kappa shape index (κ3) is 14.8. The van der Waals surface area contributed by atoms with E-state index in [0.717, 1.165) is 0 Å². The van der Waals surface area contributed by atoms with Gasteiger partial charge in [-0.2, -0.15) is 0 Å². The molecule has 252 valence electrons. The molecule has 0 bridgehead atoms. The number of ketones is 2. The monoisotopic (exact) mass is 635 g/mol. The SMILES string of the molecule is CC(C)(O)C(=O)c1ccc(OCCOCC(O)CN(CCCO)CC(O)COCCOc2ccc(C(=O)C(C)(C)O)cc2)cc1. The number of ether oxygens (including phenoxy) is 4. The topological polar surface area (TPSA) is 175 Å². The van der Waals surface area contributed by atoms with Crippen LogP contribution in [-0.4, -0.2) is 131 Å². The molecule has 0 aliphatic carbocycles. The molecule has 2 atom stereocenters. The molecular weight excluding hydrogens is 586 g/mol. The molecule has 0 radical (unpaired) electrons. The van der Waals surface area contributed by atoms with Crippen LogP contribution in [0.15, 0.2) is 48.5 Å². The first-order valence-electron chi connectivity index (χ1n) is 15.1. The first-order chi connectivity index (χ1) is 21.2. The van der Waals surface area contributed by atoms with E-state index in [1.165, 1.54) is 27.7 Å². The minimum atomic E-state index is -1.45. The van der Waals surface area contributed by atoms with Crippen LogP contribution in [0, 0.1) is 0 Å². The molecule has 12 heteroatoms. The molecule has 2 aromatic carbocycles. The number of Topliss-reactive ketones (excluding diaryl/α,β-unsaturated/α-hetero) is 2. The van der Waals surface area contributed by atoms with Crippen molar-refractivity contribution in [3.05, 3.63) is 59.7 Å². The van der Waals surface area contributed by atoms with Crippen LogP contribution in [0.25, 0.3) is 0 Å². The number of rotatable bonds is 23. The molecule has 0 saturated heterocycles. The van der Waals surface area contributed by atoms with Gasteiger partial charge in [-0.3, -0.25) is 14.5 Å². The predicted octanol–water partition coefficient (Wildman–Crippen LogP) is 1.49. The highest BCUT2D eigenvalue weighted by molar-refractivity contribution is 6.02. The van der Waals surface area contributed by atoms with Gasteiger partial charge in [-0.15, -0.1) is 0 Å². The Balaban J connectivity index is 1.64. The lowest BCUT2D eigenvalue weighted by atomic mass is 9.97. The number of carbonyl (C=O) groups excluding carboxylic acids is 2. The number of carbonyl (C=O) groups is 2. The summed E-state index contributed by atoms with van der Waals surface area (Å²) >= 11 is 0. The molecule has 45 heavy (non-hydrogen) atoms. The highest BCUT2D eigenvalue weighted by Crippen LogP contribution is 2.18. The summed E-state index contributed by atoms with van der Waals surface area (Å²) in [6.45, 7) is 7.63. The predicted molar refractivity (Wildman–Crippen MR) is 167 cm³/mol. The Morgan fingerprint density at radius 1 is 0.689 bits per heavy atom. The van der Waals surface area contributed by atoms with E-state index in [9.17, 15) is 35.1 Å². The summed E-state index contributed by atoms with van der Waals surface area (Å²) in [6.07, 6.45) is -1.19. The zero-order chi connectivity index (χ0) is 33.5. The van der Waals surface area contributed by atoms with Gasteiger partial charge in [0.05, 0.1) is 38.6 Å². The molecular formula is C33H49NO11. The molecule has 0 aliphatic heterocycles. The normalized spacial score (nSPS) is 13.5. The van der Waals surface area contributed by atoms with Gasteiger partial charge in [0.15, 0.2) is 11.6 Å². The van der Waals surface area contributed by atoms with Crippen molar-refractivity contribution in [1.29, 1.82) is 0 Å². The zero-order valence-corrected chi connectivity index (χ0v) is 26.7.